The Hall–Kier alpha value is -8.08. The highest BCUT2D eigenvalue weighted by Gasteiger charge is 2.45. The molecular weight excluding hydrogens is 931 g/mol. The van der Waals surface area contributed by atoms with Crippen LogP contribution in [-0.4, -0.2) is 155 Å². The highest BCUT2D eigenvalue weighted by Crippen LogP contribution is 2.39. The summed E-state index contributed by atoms with van der Waals surface area (Å²) >= 11 is 0. The summed E-state index contributed by atoms with van der Waals surface area (Å²) in [4.78, 5) is 93.6. The van der Waals surface area contributed by atoms with Crippen LogP contribution in [0.5, 0.6) is 0 Å². The number of likely N-dealkylation sites (tertiary alicyclic amines) is 2. The van der Waals surface area contributed by atoms with Crippen molar-refractivity contribution in [2.75, 3.05) is 41.0 Å². The zero-order valence-corrected chi connectivity index (χ0v) is 40.9. The Morgan fingerprint density at radius 3 is 1.71 bits per heavy atom. The predicted octanol–water partition coefficient (Wildman–Crippen LogP) is 3.56. The number of hydrogen-bond donors (Lipinski definition) is 4. The molecule has 2 fully saturated rings. The number of esters is 2. The number of ether oxygens (including phenoxy) is 3. The molecule has 4 amide bonds. The molecule has 6 atom stereocenters. The molecule has 23 nitrogen and oxygen atoms in total. The number of carbonyl (C=O) groups is 6. The van der Waals surface area contributed by atoms with Crippen LogP contribution in [0.4, 0.5) is 4.79 Å². The minimum Gasteiger partial charge on any atom is -0.464 e. The Labute approximate surface area is 414 Å². The number of aliphatic hydroxyl groups excluding tert-OH is 1. The summed E-state index contributed by atoms with van der Waals surface area (Å²) in [7, 11) is 3.76. The smallest absolute Gasteiger partial charge is 0.407 e. The van der Waals surface area contributed by atoms with Gasteiger partial charge in [0.2, 0.25) is 17.7 Å². The van der Waals surface area contributed by atoms with Crippen molar-refractivity contribution in [1.82, 2.24) is 60.4 Å². The first-order chi connectivity index (χ1) is 34.6. The predicted molar refractivity (Wildman–Crippen MR) is 257 cm³/mol. The number of allylic oxidation sites excluding steroid dienone is 1. The van der Waals surface area contributed by atoms with Crippen molar-refractivity contribution >= 4 is 47.0 Å². The lowest BCUT2D eigenvalue weighted by Gasteiger charge is -2.31. The summed E-state index contributed by atoms with van der Waals surface area (Å²) in [6, 6.07) is 12.6. The van der Waals surface area contributed by atoms with Gasteiger partial charge in [-0.1, -0.05) is 86.7 Å². The van der Waals surface area contributed by atoms with Crippen LogP contribution in [-0.2, 0) is 28.6 Å². The lowest BCUT2D eigenvalue weighted by Crippen LogP contribution is -2.53. The fourth-order valence-corrected chi connectivity index (χ4v) is 9.37. The SMILES string of the molecule is COC(=O)N[C@H](C(=O)N1C[C@@H](n2cc(C(=O)OC)nn2)CC1C1=NC=C(c2ccc(-c3ccc(-c4cnc(C5C[C@H](n6cc(C(=O)OC)nn6)CN5C(=O)[C@@H](NC(=O)CO)C(C)C)[nH]4)cc3)cc2)C1)C(C)C. The van der Waals surface area contributed by atoms with Gasteiger partial charge in [-0.15, -0.1) is 10.2 Å². The van der Waals surface area contributed by atoms with Gasteiger partial charge in [0.25, 0.3) is 0 Å². The zero-order valence-electron chi connectivity index (χ0n) is 40.9. The third kappa shape index (κ3) is 10.5. The Balaban J connectivity index is 0.960. The molecule has 0 aliphatic carbocycles. The Kier molecular flexibility index (Phi) is 15.0. The van der Waals surface area contributed by atoms with Crippen LogP contribution >= 0.6 is 0 Å². The average molecular weight is 988 g/mol. The highest BCUT2D eigenvalue weighted by atomic mass is 16.5. The van der Waals surface area contributed by atoms with Crippen molar-refractivity contribution in [3.8, 4) is 22.4 Å². The molecule has 0 spiro atoms. The number of benzene rings is 2. The van der Waals surface area contributed by atoms with Crippen molar-refractivity contribution < 1.29 is 48.1 Å². The van der Waals surface area contributed by atoms with E-state index in [4.69, 9.17) is 24.2 Å². The maximum Gasteiger partial charge on any atom is 0.407 e. The summed E-state index contributed by atoms with van der Waals surface area (Å²) in [5.41, 5.74) is 6.30. The van der Waals surface area contributed by atoms with Crippen LogP contribution in [0.3, 0.4) is 0 Å². The normalized spacial score (nSPS) is 19.5. The zero-order chi connectivity index (χ0) is 51.4. The van der Waals surface area contributed by atoms with Crippen LogP contribution in [0.25, 0.3) is 28.0 Å². The summed E-state index contributed by atoms with van der Waals surface area (Å²) in [6.07, 6.45) is 7.09. The van der Waals surface area contributed by atoms with E-state index in [2.05, 4.69) is 36.2 Å². The van der Waals surface area contributed by atoms with Crippen LogP contribution < -0.4 is 10.6 Å². The number of alkyl carbamates (subject to hydrolysis) is 1. The molecule has 3 aliphatic heterocycles. The van der Waals surface area contributed by atoms with Gasteiger partial charge < -0.3 is 44.7 Å². The average Bonchev–Trinajstić information content (AvgIpc) is 4.26. The number of methoxy groups -OCH3 is 3. The number of amides is 4. The number of carbonyl (C=O) groups excluding carboxylic acids is 6. The largest absolute Gasteiger partial charge is 0.464 e. The number of nitrogens with zero attached hydrogens (tertiary/aromatic N) is 10. The van der Waals surface area contributed by atoms with E-state index in [1.165, 1.54) is 38.4 Å². The van der Waals surface area contributed by atoms with E-state index in [1.807, 2.05) is 82.4 Å². The molecule has 5 aromatic rings. The second-order valence-electron chi connectivity index (χ2n) is 18.5. The number of aromatic nitrogens is 8. The second-order valence-corrected chi connectivity index (χ2v) is 18.5. The lowest BCUT2D eigenvalue weighted by atomic mass is 9.95. The number of aromatic amines is 1. The molecule has 2 unspecified atom stereocenters. The summed E-state index contributed by atoms with van der Waals surface area (Å²) < 4.78 is 17.5. The molecule has 23 heteroatoms. The number of aliphatic hydroxyl groups is 1. The van der Waals surface area contributed by atoms with Crippen LogP contribution in [0.1, 0.15) is 97.4 Å². The Bertz CT molecular complexity index is 2890. The van der Waals surface area contributed by atoms with E-state index in [0.717, 1.165) is 39.2 Å². The van der Waals surface area contributed by atoms with Gasteiger partial charge in [-0.2, -0.15) is 0 Å². The van der Waals surface area contributed by atoms with Crippen molar-refractivity contribution in [2.24, 2.45) is 16.8 Å². The summed E-state index contributed by atoms with van der Waals surface area (Å²) in [5.74, 6) is -2.60. The second kappa shape index (κ2) is 21.5. The molecule has 0 saturated carbocycles. The number of rotatable bonds is 16. The Morgan fingerprint density at radius 1 is 0.694 bits per heavy atom. The molecule has 8 rings (SSSR count). The Morgan fingerprint density at radius 2 is 1.19 bits per heavy atom. The molecule has 0 bridgehead atoms. The van der Waals surface area contributed by atoms with E-state index in [1.54, 1.807) is 20.7 Å². The molecule has 3 aromatic heterocycles. The van der Waals surface area contributed by atoms with E-state index >= 15 is 0 Å². The minimum atomic E-state index is -0.919. The number of nitrogens with one attached hydrogen (secondary N) is 3. The molecule has 2 saturated heterocycles. The summed E-state index contributed by atoms with van der Waals surface area (Å²) in [6.45, 7) is 6.97. The van der Waals surface area contributed by atoms with Gasteiger partial charge in [-0.25, -0.2) is 28.7 Å². The van der Waals surface area contributed by atoms with E-state index in [-0.39, 0.29) is 60.2 Å². The standard InChI is InChI=1S/C49H57N13O10/c1-26(2)42(53-41(64)25-63)45(65)60-22-34(62-24-38(56-58-62)48(68)71-6)18-40(60)44-51-20-36(52-44)31-14-12-29(13-15-31)28-8-10-30(11-9-28)32-16-35(50-19-32)39-17-33(61-23-37(55-57-61)47(67)70-5)21-59(39)46(66)43(27(3)4)54-49(69)72-7/h8-15,19-20,23-24,26-27,33-34,39-40,42-43,63H,16-18,21-22,25H2,1-7H3,(H,51,52)(H,53,64)(H,54,69)/t33-,34-,39?,40?,42-,43-/m0/s1. The number of hydrogen-bond acceptors (Lipinski definition) is 16. The maximum atomic E-state index is 14.2. The van der Waals surface area contributed by atoms with Crippen molar-refractivity contribution in [3.05, 3.63) is 96.1 Å². The van der Waals surface area contributed by atoms with E-state index < -0.39 is 54.7 Å². The van der Waals surface area contributed by atoms with Gasteiger partial charge in [0, 0.05) is 31.4 Å². The first kappa shape index (κ1) is 50.3. The summed E-state index contributed by atoms with van der Waals surface area (Å²) in [5, 5.41) is 31.0. The number of aliphatic imine (C=N–C) groups is 1. The topological polar surface area (TPSA) is 283 Å². The first-order valence-corrected chi connectivity index (χ1v) is 23.5. The van der Waals surface area contributed by atoms with Crippen molar-refractivity contribution in [2.45, 2.75) is 83.2 Å². The molecule has 3 aliphatic rings. The molecule has 6 heterocycles. The monoisotopic (exact) mass is 987 g/mol. The van der Waals surface area contributed by atoms with Crippen molar-refractivity contribution in [1.29, 1.82) is 0 Å². The van der Waals surface area contributed by atoms with Gasteiger partial charge in [-0.05, 0) is 52.5 Å². The third-order valence-electron chi connectivity index (χ3n) is 13.3. The van der Waals surface area contributed by atoms with Gasteiger partial charge in [0.05, 0.1) is 69.8 Å². The third-order valence-corrected chi connectivity index (χ3v) is 13.3. The van der Waals surface area contributed by atoms with Crippen LogP contribution in [0, 0.1) is 11.8 Å². The quantitative estimate of drug-likeness (QED) is 0.0813. The molecule has 378 valence electrons. The van der Waals surface area contributed by atoms with Gasteiger partial charge in [0.15, 0.2) is 11.4 Å². The van der Waals surface area contributed by atoms with E-state index in [9.17, 15) is 33.9 Å². The maximum absolute atomic E-state index is 14.2. The highest BCUT2D eigenvalue weighted by molar-refractivity contribution is 6.04. The molecule has 0 radical (unpaired) electrons. The molecule has 2 aromatic carbocycles. The van der Waals surface area contributed by atoms with Crippen LogP contribution in [0.2, 0.25) is 0 Å². The lowest BCUT2D eigenvalue weighted by molar-refractivity contribution is -0.139. The molecule has 4 N–H and O–H groups in total. The van der Waals surface area contributed by atoms with Crippen molar-refractivity contribution in [3.63, 3.8) is 0 Å². The number of H-pyrrole nitrogens is 1. The first-order valence-electron chi connectivity index (χ1n) is 23.5. The number of imidazole rings is 1. The fourth-order valence-electron chi connectivity index (χ4n) is 9.37. The molecule has 72 heavy (non-hydrogen) atoms. The van der Waals surface area contributed by atoms with Crippen LogP contribution in [0.15, 0.2) is 78.3 Å². The van der Waals surface area contributed by atoms with Gasteiger partial charge >= 0.3 is 18.0 Å². The van der Waals surface area contributed by atoms with Gasteiger partial charge in [0.1, 0.15) is 24.5 Å². The van der Waals surface area contributed by atoms with E-state index in [0.29, 0.717) is 25.1 Å². The fraction of sp³-hybridized carbons (Fsp3) is 0.429. The minimum absolute atomic E-state index is 0.0265. The molecular formula is C49H57N13O10. The van der Waals surface area contributed by atoms with Gasteiger partial charge in [-0.3, -0.25) is 19.4 Å².